The summed E-state index contributed by atoms with van der Waals surface area (Å²) in [4.78, 5) is 71.7. The van der Waals surface area contributed by atoms with Crippen molar-refractivity contribution in [1.82, 2.24) is 25.8 Å². The third-order valence-corrected chi connectivity index (χ3v) is 10.4. The van der Waals surface area contributed by atoms with Gasteiger partial charge >= 0.3 is 0 Å². The van der Waals surface area contributed by atoms with Crippen molar-refractivity contribution in [3.8, 4) is 5.75 Å². The predicted molar refractivity (Wildman–Crippen MR) is 193 cm³/mol. The molecule has 53 heavy (non-hydrogen) atoms. The topological polar surface area (TPSA) is 146 Å². The quantitative estimate of drug-likeness (QED) is 0.354. The molecule has 0 radical (unpaired) electrons. The van der Waals surface area contributed by atoms with Crippen LogP contribution in [-0.4, -0.2) is 104 Å². The molecule has 3 aromatic rings. The van der Waals surface area contributed by atoms with E-state index in [4.69, 9.17) is 9.47 Å². The lowest BCUT2D eigenvalue weighted by atomic mass is 9.74. The number of amides is 5. The lowest BCUT2D eigenvalue weighted by Crippen LogP contribution is -2.54. The van der Waals surface area contributed by atoms with Gasteiger partial charge in [0.05, 0.1) is 24.6 Å². The first-order valence-corrected chi connectivity index (χ1v) is 18.1. The SMILES string of the molecule is CN1CC(=O)N[C@H](Cc2ccccc2)COc2ccccc2C(=O)N[C@H](C(=O)NCC2(c3cccc(F)c3)CCOCC2)CC(=O)N2CCC[C@H]2C1=O. The number of likely N-dealkylation sites (N-methyl/N-ethyl adjacent to an activating group) is 1. The molecule has 0 aromatic heterocycles. The Morgan fingerprint density at radius 1 is 0.962 bits per heavy atom. The summed E-state index contributed by atoms with van der Waals surface area (Å²) >= 11 is 0. The van der Waals surface area contributed by atoms with E-state index in [1.807, 2.05) is 36.4 Å². The standard InChI is InChI=1S/C40H46FN5O7/c1-45-24-35(47)43-30(21-27-9-3-2-4-10-27)25-53-34-15-6-5-13-31(34)37(49)44-32(23-36(48)46-18-8-14-33(46)39(45)51)38(50)42-26-40(16-19-52-20-17-40)28-11-7-12-29(41)22-28/h2-7,9-13,15,22,30,32-33H,8,14,16-21,23-26H2,1H3,(H,42,50)(H,43,47)(H,44,49)/t30-,32+,33+/m1/s1. The van der Waals surface area contributed by atoms with E-state index < -0.39 is 59.4 Å². The molecule has 280 valence electrons. The number of nitrogens with zero attached hydrogens (tertiary/aromatic N) is 2. The molecule has 0 spiro atoms. The molecular weight excluding hydrogens is 681 g/mol. The van der Waals surface area contributed by atoms with Gasteiger partial charge in [0.2, 0.25) is 23.6 Å². The third-order valence-electron chi connectivity index (χ3n) is 10.4. The molecule has 13 heteroatoms. The minimum absolute atomic E-state index is 0.00721. The third kappa shape index (κ3) is 9.20. The minimum atomic E-state index is -1.31. The van der Waals surface area contributed by atoms with Gasteiger partial charge in [-0.05, 0) is 67.5 Å². The Hall–Kier alpha value is -5.30. The lowest BCUT2D eigenvalue weighted by Gasteiger charge is -2.38. The van der Waals surface area contributed by atoms with E-state index >= 15 is 0 Å². The van der Waals surface area contributed by atoms with Crippen molar-refractivity contribution < 1.29 is 37.8 Å². The van der Waals surface area contributed by atoms with Gasteiger partial charge in [-0.2, -0.15) is 0 Å². The number of carbonyl (C=O) groups excluding carboxylic acids is 5. The Morgan fingerprint density at radius 3 is 2.49 bits per heavy atom. The van der Waals surface area contributed by atoms with Crippen LogP contribution < -0.4 is 20.7 Å². The highest BCUT2D eigenvalue weighted by Gasteiger charge is 2.40. The number of fused-ring (bicyclic) bond motifs is 2. The number of benzene rings is 3. The normalized spacial score (nSPS) is 22.8. The fourth-order valence-corrected chi connectivity index (χ4v) is 7.43. The van der Waals surface area contributed by atoms with Crippen LogP contribution in [0.2, 0.25) is 0 Å². The molecule has 12 nitrogen and oxygen atoms in total. The summed E-state index contributed by atoms with van der Waals surface area (Å²) in [5.74, 6) is -2.66. The molecule has 5 amide bonds. The zero-order valence-corrected chi connectivity index (χ0v) is 29.9. The maximum Gasteiger partial charge on any atom is 0.255 e. The van der Waals surface area contributed by atoms with E-state index in [9.17, 15) is 28.4 Å². The van der Waals surface area contributed by atoms with Crippen LogP contribution >= 0.6 is 0 Å². The molecular formula is C40H46FN5O7. The Kier molecular flexibility index (Phi) is 12.0. The van der Waals surface area contributed by atoms with E-state index in [2.05, 4.69) is 16.0 Å². The molecule has 2 fully saturated rings. The van der Waals surface area contributed by atoms with E-state index in [0.29, 0.717) is 45.3 Å². The first-order chi connectivity index (χ1) is 25.6. The second kappa shape index (κ2) is 17.0. The van der Waals surface area contributed by atoms with Crippen LogP contribution in [-0.2, 0) is 35.8 Å². The smallest absolute Gasteiger partial charge is 0.255 e. The van der Waals surface area contributed by atoms with Crippen molar-refractivity contribution in [2.24, 2.45) is 0 Å². The highest BCUT2D eigenvalue weighted by atomic mass is 19.1. The molecule has 3 aliphatic heterocycles. The van der Waals surface area contributed by atoms with Gasteiger partial charge in [-0.1, -0.05) is 54.6 Å². The molecule has 3 N–H and O–H groups in total. The van der Waals surface area contributed by atoms with E-state index in [1.54, 1.807) is 30.3 Å². The van der Waals surface area contributed by atoms with Gasteiger partial charge in [0.25, 0.3) is 5.91 Å². The minimum Gasteiger partial charge on any atom is -0.491 e. The summed E-state index contributed by atoms with van der Waals surface area (Å²) in [6, 6.07) is 19.8. The van der Waals surface area contributed by atoms with Gasteiger partial charge in [0.15, 0.2) is 0 Å². The van der Waals surface area contributed by atoms with Crippen LogP contribution in [0.25, 0.3) is 0 Å². The van der Waals surface area contributed by atoms with Crippen LogP contribution in [0.1, 0.15) is 53.6 Å². The number of rotatable bonds is 6. The summed E-state index contributed by atoms with van der Waals surface area (Å²) in [5.41, 5.74) is 1.19. The van der Waals surface area contributed by atoms with Crippen molar-refractivity contribution in [2.75, 3.05) is 46.5 Å². The fraction of sp³-hybridized carbons (Fsp3) is 0.425. The molecule has 3 atom stereocenters. The van der Waals surface area contributed by atoms with Gasteiger partial charge in [-0.25, -0.2) is 4.39 Å². The summed E-state index contributed by atoms with van der Waals surface area (Å²) in [6.07, 6.45) is 2.04. The van der Waals surface area contributed by atoms with Crippen LogP contribution in [0, 0.1) is 5.82 Å². The summed E-state index contributed by atoms with van der Waals surface area (Å²) in [7, 11) is 1.53. The molecule has 0 aliphatic carbocycles. The Balaban J connectivity index is 1.29. The summed E-state index contributed by atoms with van der Waals surface area (Å²) < 4.78 is 26.1. The van der Waals surface area contributed by atoms with Crippen LogP contribution in [0.3, 0.4) is 0 Å². The zero-order valence-electron chi connectivity index (χ0n) is 29.9. The van der Waals surface area contributed by atoms with Crippen molar-refractivity contribution >= 4 is 29.5 Å². The number of carbonyl (C=O) groups is 5. The Morgan fingerprint density at radius 2 is 1.72 bits per heavy atom. The number of nitrogens with one attached hydrogen (secondary N) is 3. The van der Waals surface area contributed by atoms with Crippen LogP contribution in [0.5, 0.6) is 5.75 Å². The predicted octanol–water partition coefficient (Wildman–Crippen LogP) is 2.75. The first-order valence-electron chi connectivity index (χ1n) is 18.1. The average Bonchev–Trinajstić information content (AvgIpc) is 3.66. The molecule has 0 bridgehead atoms. The van der Waals surface area contributed by atoms with Crippen LogP contribution in [0.15, 0.2) is 78.9 Å². The fourth-order valence-electron chi connectivity index (χ4n) is 7.43. The maximum absolute atomic E-state index is 14.4. The molecule has 0 saturated carbocycles. The molecule has 3 aromatic carbocycles. The van der Waals surface area contributed by atoms with Crippen molar-refractivity contribution in [3.05, 3.63) is 101 Å². The number of hydrogen-bond donors (Lipinski definition) is 3. The Labute approximate surface area is 308 Å². The molecule has 3 aliphatic rings. The largest absolute Gasteiger partial charge is 0.491 e. The van der Waals surface area contributed by atoms with Gasteiger partial charge in [-0.15, -0.1) is 0 Å². The number of halogens is 1. The molecule has 3 heterocycles. The number of ether oxygens (including phenoxy) is 2. The highest BCUT2D eigenvalue weighted by Crippen LogP contribution is 2.35. The van der Waals surface area contributed by atoms with E-state index in [-0.39, 0.29) is 43.5 Å². The van der Waals surface area contributed by atoms with Crippen LogP contribution in [0.4, 0.5) is 4.39 Å². The summed E-state index contributed by atoms with van der Waals surface area (Å²) in [6.45, 7) is 1.03. The lowest BCUT2D eigenvalue weighted by molar-refractivity contribution is -0.145. The molecule has 6 rings (SSSR count). The first kappa shape index (κ1) is 37.5. The monoisotopic (exact) mass is 727 g/mol. The maximum atomic E-state index is 14.4. The van der Waals surface area contributed by atoms with E-state index in [0.717, 1.165) is 11.1 Å². The van der Waals surface area contributed by atoms with Crippen molar-refractivity contribution in [3.63, 3.8) is 0 Å². The van der Waals surface area contributed by atoms with Gasteiger partial charge in [0, 0.05) is 38.8 Å². The average molecular weight is 728 g/mol. The van der Waals surface area contributed by atoms with Crippen molar-refractivity contribution in [1.29, 1.82) is 0 Å². The van der Waals surface area contributed by atoms with E-state index in [1.165, 1.54) is 29.0 Å². The number of para-hydroxylation sites is 1. The second-order valence-corrected chi connectivity index (χ2v) is 14.1. The number of hydrogen-bond acceptors (Lipinski definition) is 7. The zero-order chi connectivity index (χ0) is 37.4. The van der Waals surface area contributed by atoms with Gasteiger partial charge in [0.1, 0.15) is 30.3 Å². The van der Waals surface area contributed by atoms with Gasteiger partial charge < -0.3 is 35.2 Å². The molecule has 0 unspecified atom stereocenters. The summed E-state index contributed by atoms with van der Waals surface area (Å²) in [5, 5.41) is 8.72. The second-order valence-electron chi connectivity index (χ2n) is 14.1. The van der Waals surface area contributed by atoms with Crippen molar-refractivity contribution in [2.45, 2.75) is 62.1 Å². The Bertz CT molecular complexity index is 1800. The van der Waals surface area contributed by atoms with Gasteiger partial charge in [-0.3, -0.25) is 24.0 Å². The highest BCUT2D eigenvalue weighted by molar-refractivity contribution is 6.01. The molecule has 2 saturated heterocycles.